The summed E-state index contributed by atoms with van der Waals surface area (Å²) < 4.78 is 5.36. The SMILES string of the molecule is C[C@@H](OC(=O)c1ccc2ncccc2c1)C(=O)Nc1cccc2ccccc12. The third kappa shape index (κ3) is 3.55. The minimum Gasteiger partial charge on any atom is -0.449 e. The van der Waals surface area contributed by atoms with Crippen LogP contribution in [0.1, 0.15) is 17.3 Å². The molecule has 0 aliphatic rings. The highest BCUT2D eigenvalue weighted by atomic mass is 16.5. The lowest BCUT2D eigenvalue weighted by atomic mass is 10.1. The van der Waals surface area contributed by atoms with Crippen molar-refractivity contribution >= 4 is 39.2 Å². The van der Waals surface area contributed by atoms with Crippen LogP contribution in [0.15, 0.2) is 79.0 Å². The zero-order chi connectivity index (χ0) is 19.5. The number of nitrogens with one attached hydrogen (secondary N) is 1. The molecule has 4 rings (SSSR count). The maximum atomic E-state index is 12.5. The van der Waals surface area contributed by atoms with Crippen LogP contribution in [0.2, 0.25) is 0 Å². The molecule has 0 saturated carbocycles. The van der Waals surface area contributed by atoms with Crippen LogP contribution in [-0.2, 0) is 9.53 Å². The first-order valence-electron chi connectivity index (χ1n) is 8.96. The second-order valence-electron chi connectivity index (χ2n) is 6.47. The van der Waals surface area contributed by atoms with Crippen molar-refractivity contribution in [1.82, 2.24) is 4.98 Å². The third-order valence-electron chi connectivity index (χ3n) is 4.54. The van der Waals surface area contributed by atoms with E-state index in [-0.39, 0.29) is 5.91 Å². The van der Waals surface area contributed by atoms with Crippen LogP contribution in [-0.4, -0.2) is 23.0 Å². The van der Waals surface area contributed by atoms with Gasteiger partial charge < -0.3 is 10.1 Å². The maximum absolute atomic E-state index is 12.5. The lowest BCUT2D eigenvalue weighted by molar-refractivity contribution is -0.123. The molecule has 0 radical (unpaired) electrons. The van der Waals surface area contributed by atoms with E-state index >= 15 is 0 Å². The molecule has 0 fully saturated rings. The molecule has 0 bridgehead atoms. The third-order valence-corrected chi connectivity index (χ3v) is 4.54. The van der Waals surface area contributed by atoms with E-state index in [1.54, 1.807) is 37.4 Å². The van der Waals surface area contributed by atoms with Crippen molar-refractivity contribution in [3.8, 4) is 0 Å². The molecule has 1 aromatic heterocycles. The molecule has 5 nitrogen and oxygen atoms in total. The summed E-state index contributed by atoms with van der Waals surface area (Å²) in [6.07, 6.45) is 0.760. The predicted molar refractivity (Wildman–Crippen MR) is 109 cm³/mol. The van der Waals surface area contributed by atoms with Gasteiger partial charge in [-0.3, -0.25) is 9.78 Å². The Balaban J connectivity index is 1.48. The molecule has 0 spiro atoms. The number of pyridine rings is 1. The van der Waals surface area contributed by atoms with E-state index < -0.39 is 12.1 Å². The highest BCUT2D eigenvalue weighted by Crippen LogP contribution is 2.23. The van der Waals surface area contributed by atoms with Crippen molar-refractivity contribution in [2.24, 2.45) is 0 Å². The van der Waals surface area contributed by atoms with Gasteiger partial charge in [-0.05, 0) is 42.6 Å². The molecular weight excluding hydrogens is 352 g/mol. The lowest BCUT2D eigenvalue weighted by Crippen LogP contribution is -2.30. The molecule has 0 aliphatic carbocycles. The largest absolute Gasteiger partial charge is 0.449 e. The second kappa shape index (κ2) is 7.48. The van der Waals surface area contributed by atoms with Crippen LogP contribution < -0.4 is 5.32 Å². The van der Waals surface area contributed by atoms with Gasteiger partial charge in [0.1, 0.15) is 0 Å². The van der Waals surface area contributed by atoms with Crippen LogP contribution in [0.5, 0.6) is 0 Å². The molecule has 1 amide bonds. The van der Waals surface area contributed by atoms with Gasteiger partial charge in [0.05, 0.1) is 11.1 Å². The Morgan fingerprint density at radius 1 is 0.929 bits per heavy atom. The van der Waals surface area contributed by atoms with Crippen LogP contribution in [0, 0.1) is 0 Å². The van der Waals surface area contributed by atoms with E-state index in [0.29, 0.717) is 11.3 Å². The number of amides is 1. The summed E-state index contributed by atoms with van der Waals surface area (Å²) in [5, 5.41) is 5.64. The molecule has 28 heavy (non-hydrogen) atoms. The van der Waals surface area contributed by atoms with E-state index in [1.165, 1.54) is 0 Å². The Hall–Kier alpha value is -3.73. The zero-order valence-corrected chi connectivity index (χ0v) is 15.3. The molecule has 0 unspecified atom stereocenters. The molecule has 4 aromatic rings. The average molecular weight is 370 g/mol. The van der Waals surface area contributed by atoms with Gasteiger partial charge >= 0.3 is 5.97 Å². The van der Waals surface area contributed by atoms with Crippen molar-refractivity contribution in [2.45, 2.75) is 13.0 Å². The Morgan fingerprint density at radius 3 is 2.61 bits per heavy atom. The fourth-order valence-corrected chi connectivity index (χ4v) is 3.05. The van der Waals surface area contributed by atoms with Gasteiger partial charge in [0.2, 0.25) is 0 Å². The average Bonchev–Trinajstić information content (AvgIpc) is 2.73. The first-order valence-corrected chi connectivity index (χ1v) is 8.96. The molecule has 0 aliphatic heterocycles. The summed E-state index contributed by atoms with van der Waals surface area (Å²) in [5.41, 5.74) is 1.86. The van der Waals surface area contributed by atoms with E-state index in [9.17, 15) is 9.59 Å². The Labute approximate surface area is 162 Å². The predicted octanol–water partition coefficient (Wildman–Crippen LogP) is 4.57. The number of carbonyl (C=O) groups is 2. The van der Waals surface area contributed by atoms with Crippen molar-refractivity contribution in [3.05, 3.63) is 84.6 Å². The van der Waals surface area contributed by atoms with Gasteiger partial charge in [-0.15, -0.1) is 0 Å². The Morgan fingerprint density at radius 2 is 1.71 bits per heavy atom. The fourth-order valence-electron chi connectivity index (χ4n) is 3.05. The van der Waals surface area contributed by atoms with Gasteiger partial charge in [0, 0.05) is 22.7 Å². The molecular formula is C23H18N2O3. The molecule has 1 heterocycles. The van der Waals surface area contributed by atoms with Crippen molar-refractivity contribution in [1.29, 1.82) is 0 Å². The van der Waals surface area contributed by atoms with E-state index in [4.69, 9.17) is 4.74 Å². The number of nitrogens with zero attached hydrogens (tertiary/aromatic N) is 1. The van der Waals surface area contributed by atoms with Gasteiger partial charge in [0.25, 0.3) is 5.91 Å². The first-order chi connectivity index (χ1) is 13.6. The lowest BCUT2D eigenvalue weighted by Gasteiger charge is -2.15. The van der Waals surface area contributed by atoms with Crippen LogP contribution >= 0.6 is 0 Å². The monoisotopic (exact) mass is 370 g/mol. The van der Waals surface area contributed by atoms with Gasteiger partial charge in [-0.25, -0.2) is 4.79 Å². The topological polar surface area (TPSA) is 68.3 Å². The minimum absolute atomic E-state index is 0.380. The number of hydrogen-bond donors (Lipinski definition) is 1. The van der Waals surface area contributed by atoms with Crippen molar-refractivity contribution < 1.29 is 14.3 Å². The zero-order valence-electron chi connectivity index (χ0n) is 15.3. The number of anilines is 1. The van der Waals surface area contributed by atoms with Gasteiger partial charge in [0.15, 0.2) is 6.10 Å². The second-order valence-corrected chi connectivity index (χ2v) is 6.47. The number of hydrogen-bond acceptors (Lipinski definition) is 4. The van der Waals surface area contributed by atoms with Crippen LogP contribution in [0.25, 0.3) is 21.7 Å². The van der Waals surface area contributed by atoms with Gasteiger partial charge in [-0.1, -0.05) is 42.5 Å². The Bertz CT molecular complexity index is 1180. The molecule has 1 N–H and O–H groups in total. The number of esters is 1. The van der Waals surface area contributed by atoms with Crippen LogP contribution in [0.3, 0.4) is 0 Å². The number of aromatic nitrogens is 1. The highest BCUT2D eigenvalue weighted by Gasteiger charge is 2.20. The van der Waals surface area contributed by atoms with E-state index in [2.05, 4.69) is 10.3 Å². The summed E-state index contributed by atoms with van der Waals surface area (Å²) in [6, 6.07) is 22.2. The Kier molecular flexibility index (Phi) is 4.72. The maximum Gasteiger partial charge on any atom is 0.338 e. The summed E-state index contributed by atoms with van der Waals surface area (Å²) in [6.45, 7) is 1.56. The molecule has 0 saturated heterocycles. The summed E-state index contributed by atoms with van der Waals surface area (Å²) in [7, 11) is 0. The standard InChI is InChI=1S/C23H18N2O3/c1-15(22(26)25-21-10-4-7-16-6-2-3-9-19(16)21)28-23(27)18-11-12-20-17(14-18)8-5-13-24-20/h2-15H,1H3,(H,25,26)/t15-/m1/s1. The normalized spacial score (nSPS) is 11.9. The number of fused-ring (bicyclic) bond motifs is 2. The first kappa shape index (κ1) is 17.7. The van der Waals surface area contributed by atoms with Crippen LogP contribution in [0.4, 0.5) is 5.69 Å². The number of carbonyl (C=O) groups excluding carboxylic acids is 2. The number of rotatable bonds is 4. The molecule has 1 atom stereocenters. The van der Waals surface area contributed by atoms with Gasteiger partial charge in [-0.2, -0.15) is 0 Å². The van der Waals surface area contributed by atoms with Crippen molar-refractivity contribution in [3.63, 3.8) is 0 Å². The molecule has 138 valence electrons. The summed E-state index contributed by atoms with van der Waals surface area (Å²) >= 11 is 0. The number of ether oxygens (including phenoxy) is 1. The fraction of sp³-hybridized carbons (Fsp3) is 0.0870. The smallest absolute Gasteiger partial charge is 0.338 e. The molecule has 3 aromatic carbocycles. The van der Waals surface area contributed by atoms with E-state index in [0.717, 1.165) is 21.7 Å². The summed E-state index contributed by atoms with van der Waals surface area (Å²) in [4.78, 5) is 29.2. The minimum atomic E-state index is -0.934. The highest BCUT2D eigenvalue weighted by molar-refractivity contribution is 6.04. The molecule has 5 heteroatoms. The van der Waals surface area contributed by atoms with Crippen molar-refractivity contribution in [2.75, 3.05) is 5.32 Å². The quantitative estimate of drug-likeness (QED) is 0.534. The number of benzene rings is 3. The van der Waals surface area contributed by atoms with E-state index in [1.807, 2.05) is 48.5 Å². The summed E-state index contributed by atoms with van der Waals surface area (Å²) in [5.74, 6) is -0.932.